The van der Waals surface area contributed by atoms with Gasteiger partial charge in [-0.3, -0.25) is 9.10 Å². The zero-order chi connectivity index (χ0) is 29.7. The summed E-state index contributed by atoms with van der Waals surface area (Å²) >= 11 is 12.2. The molecule has 1 aliphatic carbocycles. The van der Waals surface area contributed by atoms with Crippen LogP contribution in [0.25, 0.3) is 0 Å². The van der Waals surface area contributed by atoms with Crippen LogP contribution in [-0.2, 0) is 23.0 Å². The molecular formula is C32H37Cl2N3O4S. The molecule has 5 rings (SSSR count). The normalized spacial score (nSPS) is 18.2. The molecule has 42 heavy (non-hydrogen) atoms. The molecule has 0 spiro atoms. The summed E-state index contributed by atoms with van der Waals surface area (Å²) in [4.78, 5) is 13.8. The summed E-state index contributed by atoms with van der Waals surface area (Å²) in [7, 11) is -3.40. The van der Waals surface area contributed by atoms with Crippen LogP contribution in [0, 0.1) is 0 Å². The van der Waals surface area contributed by atoms with Gasteiger partial charge in [0.25, 0.3) is 5.91 Å². The van der Waals surface area contributed by atoms with Gasteiger partial charge in [0, 0.05) is 35.2 Å². The molecule has 10 heteroatoms. The van der Waals surface area contributed by atoms with Crippen molar-refractivity contribution in [1.29, 1.82) is 0 Å². The van der Waals surface area contributed by atoms with Crippen molar-refractivity contribution in [3.8, 4) is 0 Å². The van der Waals surface area contributed by atoms with Crippen LogP contribution in [0.3, 0.4) is 0 Å². The van der Waals surface area contributed by atoms with Crippen LogP contribution in [0.5, 0.6) is 0 Å². The fourth-order valence-corrected chi connectivity index (χ4v) is 8.08. The van der Waals surface area contributed by atoms with Crippen molar-refractivity contribution in [2.45, 2.75) is 63.1 Å². The number of aliphatic hydroxyl groups is 1. The van der Waals surface area contributed by atoms with Crippen molar-refractivity contribution < 1.29 is 18.3 Å². The standard InChI is InChI=1S/C32H37Cl2N3O4S/c33-27-13-23(14-28(34)19-27)20-35-21-31(38)30(15-22-7-2-1-3-8-22)36-32(39)26-16-25(24-9-4-5-10-24)17-29(18-26)37-11-6-12-42(37,40)41/h1-3,7-8,13-14,16-19,24,30-31,35,38H,4-6,9-12,15,20-21H2,(H,36,39)/t30-,31+/m0/s1. The minimum Gasteiger partial charge on any atom is -0.390 e. The van der Waals surface area contributed by atoms with Crippen LogP contribution in [0.2, 0.25) is 10.0 Å². The maximum Gasteiger partial charge on any atom is 0.251 e. The monoisotopic (exact) mass is 629 g/mol. The summed E-state index contributed by atoms with van der Waals surface area (Å²) in [5.41, 5.74) is 3.81. The smallest absolute Gasteiger partial charge is 0.251 e. The van der Waals surface area contributed by atoms with Gasteiger partial charge in [0.15, 0.2) is 0 Å². The average Bonchev–Trinajstić information content (AvgIpc) is 3.62. The molecule has 1 saturated carbocycles. The van der Waals surface area contributed by atoms with Crippen LogP contribution in [0.4, 0.5) is 5.69 Å². The van der Waals surface area contributed by atoms with Crippen LogP contribution in [0.1, 0.15) is 65.1 Å². The summed E-state index contributed by atoms with van der Waals surface area (Å²) in [6, 6.07) is 19.9. The van der Waals surface area contributed by atoms with E-state index in [0.717, 1.165) is 42.4 Å². The van der Waals surface area contributed by atoms with E-state index >= 15 is 0 Å². The van der Waals surface area contributed by atoms with Crippen molar-refractivity contribution in [3.63, 3.8) is 0 Å². The Bertz CT molecular complexity index is 1480. The maximum absolute atomic E-state index is 13.8. The number of rotatable bonds is 11. The molecule has 2 atom stereocenters. The first-order chi connectivity index (χ1) is 20.2. The second-order valence-electron chi connectivity index (χ2n) is 11.3. The Labute approximate surface area is 258 Å². The van der Waals surface area contributed by atoms with Gasteiger partial charge in [-0.25, -0.2) is 8.42 Å². The SMILES string of the molecule is O=C(N[C@@H](Cc1ccccc1)[C@H](O)CNCc1cc(Cl)cc(Cl)c1)c1cc(C2CCCC2)cc(N2CCCS2(=O)=O)c1. The lowest BCUT2D eigenvalue weighted by Gasteiger charge is -2.26. The number of amides is 1. The summed E-state index contributed by atoms with van der Waals surface area (Å²) in [6.45, 7) is 1.08. The fraction of sp³-hybridized carbons (Fsp3) is 0.406. The second kappa shape index (κ2) is 13.8. The van der Waals surface area contributed by atoms with Gasteiger partial charge in [0.1, 0.15) is 0 Å². The van der Waals surface area contributed by atoms with Gasteiger partial charge in [-0.2, -0.15) is 0 Å². The zero-order valence-electron chi connectivity index (χ0n) is 23.4. The van der Waals surface area contributed by atoms with Gasteiger partial charge in [0.2, 0.25) is 10.0 Å². The Kier molecular flexibility index (Phi) is 10.1. The van der Waals surface area contributed by atoms with Crippen molar-refractivity contribution in [2.24, 2.45) is 0 Å². The Morgan fingerprint density at radius 1 is 0.952 bits per heavy atom. The number of hydrogen-bond donors (Lipinski definition) is 3. The van der Waals surface area contributed by atoms with E-state index in [0.29, 0.717) is 53.1 Å². The van der Waals surface area contributed by atoms with Crippen molar-refractivity contribution in [2.75, 3.05) is 23.1 Å². The molecule has 0 unspecified atom stereocenters. The zero-order valence-corrected chi connectivity index (χ0v) is 25.8. The molecule has 0 bridgehead atoms. The number of nitrogens with one attached hydrogen (secondary N) is 2. The highest BCUT2D eigenvalue weighted by atomic mass is 35.5. The fourth-order valence-electron chi connectivity index (χ4n) is 5.96. The Hall–Kier alpha value is -2.62. The largest absolute Gasteiger partial charge is 0.390 e. The van der Waals surface area contributed by atoms with Crippen LogP contribution in [-0.4, -0.2) is 50.4 Å². The molecule has 1 aliphatic heterocycles. The van der Waals surface area contributed by atoms with Gasteiger partial charge in [-0.1, -0.05) is 66.4 Å². The minimum atomic E-state index is -3.40. The summed E-state index contributed by atoms with van der Waals surface area (Å²) in [5, 5.41) is 18.6. The predicted molar refractivity (Wildman–Crippen MR) is 169 cm³/mol. The Morgan fingerprint density at radius 3 is 2.33 bits per heavy atom. The van der Waals surface area contributed by atoms with Gasteiger partial charge in [-0.05, 0) is 84.7 Å². The van der Waals surface area contributed by atoms with E-state index in [2.05, 4.69) is 10.6 Å². The van der Waals surface area contributed by atoms with Crippen LogP contribution in [0.15, 0.2) is 66.7 Å². The molecule has 2 aliphatic rings. The maximum atomic E-state index is 13.8. The van der Waals surface area contributed by atoms with E-state index in [-0.39, 0.29) is 18.2 Å². The molecule has 1 amide bonds. The minimum absolute atomic E-state index is 0.113. The molecule has 3 aromatic carbocycles. The van der Waals surface area contributed by atoms with Gasteiger partial charge in [0.05, 0.1) is 23.6 Å². The number of carbonyl (C=O) groups is 1. The van der Waals surface area contributed by atoms with Crippen LogP contribution < -0.4 is 14.9 Å². The molecule has 0 radical (unpaired) electrons. The lowest BCUT2D eigenvalue weighted by Crippen LogP contribution is -2.48. The second-order valence-corrected chi connectivity index (χ2v) is 14.2. The molecule has 224 valence electrons. The number of aliphatic hydroxyl groups excluding tert-OH is 1. The van der Waals surface area contributed by atoms with Crippen LogP contribution >= 0.6 is 23.2 Å². The highest BCUT2D eigenvalue weighted by molar-refractivity contribution is 7.93. The molecule has 2 fully saturated rings. The molecule has 0 aromatic heterocycles. The number of halogens is 2. The predicted octanol–water partition coefficient (Wildman–Crippen LogP) is 5.68. The van der Waals surface area contributed by atoms with Crippen molar-refractivity contribution in [3.05, 3.63) is 99.0 Å². The molecule has 3 N–H and O–H groups in total. The van der Waals surface area contributed by atoms with E-state index in [4.69, 9.17) is 23.2 Å². The lowest BCUT2D eigenvalue weighted by molar-refractivity contribution is 0.0830. The number of carbonyl (C=O) groups excluding carboxylic acids is 1. The van der Waals surface area contributed by atoms with E-state index in [1.165, 1.54) is 4.31 Å². The molecule has 3 aromatic rings. The quantitative estimate of drug-likeness (QED) is 0.253. The number of anilines is 1. The summed E-state index contributed by atoms with van der Waals surface area (Å²) in [6.07, 6.45) is 4.38. The molecule has 1 saturated heterocycles. The number of nitrogens with zero attached hydrogens (tertiary/aromatic N) is 1. The highest BCUT2D eigenvalue weighted by Crippen LogP contribution is 2.37. The molecular weight excluding hydrogens is 593 g/mol. The lowest BCUT2D eigenvalue weighted by atomic mass is 9.94. The van der Waals surface area contributed by atoms with E-state index < -0.39 is 22.2 Å². The summed E-state index contributed by atoms with van der Waals surface area (Å²) in [5.74, 6) is 0.0769. The van der Waals surface area contributed by atoms with E-state index in [1.54, 1.807) is 12.1 Å². The average molecular weight is 631 g/mol. The Morgan fingerprint density at radius 2 is 1.67 bits per heavy atom. The van der Waals surface area contributed by atoms with Gasteiger partial charge >= 0.3 is 0 Å². The highest BCUT2D eigenvalue weighted by Gasteiger charge is 2.31. The van der Waals surface area contributed by atoms with E-state index in [1.807, 2.05) is 54.6 Å². The van der Waals surface area contributed by atoms with Crippen molar-refractivity contribution >= 4 is 44.8 Å². The first-order valence-electron chi connectivity index (χ1n) is 14.5. The third-order valence-electron chi connectivity index (χ3n) is 8.10. The third-order valence-corrected chi connectivity index (χ3v) is 10.4. The van der Waals surface area contributed by atoms with Crippen molar-refractivity contribution in [1.82, 2.24) is 10.6 Å². The Balaban J connectivity index is 1.36. The molecule has 7 nitrogen and oxygen atoms in total. The third kappa shape index (κ3) is 7.85. The number of benzene rings is 3. The number of hydrogen-bond acceptors (Lipinski definition) is 5. The number of sulfonamides is 1. The molecule has 1 heterocycles. The van der Waals surface area contributed by atoms with Gasteiger partial charge in [-0.15, -0.1) is 0 Å². The summed E-state index contributed by atoms with van der Waals surface area (Å²) < 4.78 is 26.9. The first-order valence-corrected chi connectivity index (χ1v) is 16.9. The topological polar surface area (TPSA) is 98.7 Å². The first kappa shape index (κ1) is 30.8. The van der Waals surface area contributed by atoms with Gasteiger partial charge < -0.3 is 15.7 Å². The van der Waals surface area contributed by atoms with E-state index in [9.17, 15) is 18.3 Å².